The normalized spacial score (nSPS) is 27.6. The van der Waals surface area contributed by atoms with Gasteiger partial charge >= 0.3 is 59.1 Å². The summed E-state index contributed by atoms with van der Waals surface area (Å²) >= 11 is 2.31. The van der Waals surface area contributed by atoms with Crippen molar-refractivity contribution in [3.8, 4) is 0 Å². The third-order valence-corrected chi connectivity index (χ3v) is 7.16. The molecular weight excluding hydrogens is 442 g/mol. The number of nitrogens with zero attached hydrogens (tertiary/aromatic N) is 1. The van der Waals surface area contributed by atoms with Gasteiger partial charge in [-0.2, -0.15) is 11.3 Å². The Balaban J connectivity index is 0.00000210. The van der Waals surface area contributed by atoms with Crippen LogP contribution >= 0.6 is 23.1 Å². The molecule has 0 saturated carbocycles. The summed E-state index contributed by atoms with van der Waals surface area (Å²) in [5, 5.41) is 28.4. The molecule has 1 aromatic rings. The van der Waals surface area contributed by atoms with Gasteiger partial charge in [0.15, 0.2) is 11.8 Å². The first kappa shape index (κ1) is 26.9. The summed E-state index contributed by atoms with van der Waals surface area (Å²) in [6.45, 7) is 3.06. The van der Waals surface area contributed by atoms with Gasteiger partial charge in [0.25, 0.3) is 5.91 Å². The average molecular weight is 458 g/mol. The van der Waals surface area contributed by atoms with Crippen molar-refractivity contribution in [2.75, 3.05) is 7.11 Å². The molecule has 0 bridgehead atoms. The van der Waals surface area contributed by atoms with Crippen LogP contribution in [-0.4, -0.2) is 57.7 Å². The summed E-state index contributed by atoms with van der Waals surface area (Å²) in [6, 6.07) is 1.43. The van der Waals surface area contributed by atoms with Crippen LogP contribution in [0.25, 0.3) is 0 Å². The molecule has 9 nitrogen and oxygen atoms in total. The van der Waals surface area contributed by atoms with Gasteiger partial charge in [0.05, 0.1) is 16.7 Å². The smallest absolute Gasteiger partial charge is 0.549 e. The second-order valence-electron chi connectivity index (χ2n) is 6.68. The summed E-state index contributed by atoms with van der Waals surface area (Å²) in [4.78, 5) is 49.9. The molecule has 4 atom stereocenters. The monoisotopic (exact) mass is 458 g/mol. The molecular formula is C16H16N2Na2O7S2. The van der Waals surface area contributed by atoms with E-state index in [1.54, 1.807) is 5.38 Å². The number of thioether (sulfide) groups is 1. The number of carbonyl (C=O) groups excluding carboxylic acids is 4. The van der Waals surface area contributed by atoms with Gasteiger partial charge in [-0.15, -0.1) is 11.8 Å². The van der Waals surface area contributed by atoms with Crippen LogP contribution in [-0.2, 0) is 23.9 Å². The van der Waals surface area contributed by atoms with Crippen LogP contribution < -0.4 is 74.6 Å². The Hall–Kier alpha value is -0.110. The molecule has 1 unspecified atom stereocenters. The van der Waals surface area contributed by atoms with Crippen molar-refractivity contribution in [2.45, 2.75) is 41.7 Å². The summed E-state index contributed by atoms with van der Waals surface area (Å²) in [5.41, 5.74) is -2.06. The van der Waals surface area contributed by atoms with Gasteiger partial charge in [0.2, 0.25) is 5.91 Å². The fourth-order valence-electron chi connectivity index (χ4n) is 3.49. The maximum Gasteiger partial charge on any atom is 1.00 e. The van der Waals surface area contributed by atoms with Crippen LogP contribution in [0, 0.1) is 0 Å². The molecule has 0 aliphatic carbocycles. The van der Waals surface area contributed by atoms with E-state index in [-0.39, 0.29) is 64.7 Å². The van der Waals surface area contributed by atoms with Gasteiger partial charge in [-0.1, -0.05) is 0 Å². The predicted molar refractivity (Wildman–Crippen MR) is 91.0 cm³/mol. The number of thiophene rings is 1. The molecule has 29 heavy (non-hydrogen) atoms. The number of carboxylic acid groups (broad SMARTS) is 2. The van der Waals surface area contributed by atoms with E-state index in [4.69, 9.17) is 4.74 Å². The standard InChI is InChI=1S/C16H18N2O7S2.2Na/c1-15(2)16(14(23)24,18-11(20)9(25-3)12(18)27-15)17-10(19)8(13(21)22)7-4-5-26-6-7;;/h4-6,8-9,12H,1-3H3,(H,17,19)(H,21,22)(H,23,24);;/q;2*+1/p-2/t8?,9-,12+,16-;;/m0../s1. The van der Waals surface area contributed by atoms with Crippen LogP contribution in [0.5, 0.6) is 0 Å². The fourth-order valence-corrected chi connectivity index (χ4v) is 5.90. The zero-order chi connectivity index (χ0) is 20.1. The van der Waals surface area contributed by atoms with E-state index in [0.29, 0.717) is 0 Å². The minimum Gasteiger partial charge on any atom is -0.549 e. The molecule has 2 fully saturated rings. The molecule has 3 rings (SSSR count). The predicted octanol–water partition coefficient (Wildman–Crippen LogP) is -8.14. The Morgan fingerprint density at radius 3 is 2.34 bits per heavy atom. The Kier molecular flexibility index (Phi) is 8.89. The topological polar surface area (TPSA) is 139 Å². The third kappa shape index (κ3) is 4.06. The number of ether oxygens (including phenoxy) is 1. The number of carbonyl (C=O) groups is 4. The summed E-state index contributed by atoms with van der Waals surface area (Å²) in [7, 11) is 1.33. The molecule has 0 spiro atoms. The van der Waals surface area contributed by atoms with Crippen LogP contribution in [0.15, 0.2) is 16.8 Å². The number of fused-ring (bicyclic) bond motifs is 1. The first-order valence-corrected chi connectivity index (χ1v) is 9.71. The van der Waals surface area contributed by atoms with Gasteiger partial charge in [-0.05, 0) is 36.2 Å². The molecule has 1 aromatic heterocycles. The zero-order valence-corrected chi connectivity index (χ0v) is 22.2. The second kappa shape index (κ2) is 9.58. The summed E-state index contributed by atoms with van der Waals surface area (Å²) < 4.78 is 3.88. The molecule has 0 aromatic carbocycles. The number of β-lactam (4-membered cyclic amide) rings is 1. The molecule has 2 amide bonds. The molecule has 146 valence electrons. The Morgan fingerprint density at radius 2 is 1.90 bits per heavy atom. The minimum atomic E-state index is -2.23. The van der Waals surface area contributed by atoms with Gasteiger partial charge in [-0.25, -0.2) is 0 Å². The maximum absolute atomic E-state index is 12.8. The molecule has 1 N–H and O–H groups in total. The van der Waals surface area contributed by atoms with E-state index < -0.39 is 51.6 Å². The van der Waals surface area contributed by atoms with Crippen LogP contribution in [0.3, 0.4) is 0 Å². The number of rotatable bonds is 6. The Labute approximate surface area is 219 Å². The van der Waals surface area contributed by atoms with Crippen LogP contribution in [0.2, 0.25) is 0 Å². The van der Waals surface area contributed by atoms with Crippen molar-refractivity contribution in [1.29, 1.82) is 0 Å². The van der Waals surface area contributed by atoms with Gasteiger partial charge in [-0.3, -0.25) is 14.5 Å². The fraction of sp³-hybridized carbons (Fsp3) is 0.500. The Bertz CT molecular complexity index is 820. The first-order valence-electron chi connectivity index (χ1n) is 7.88. The van der Waals surface area contributed by atoms with E-state index in [1.165, 1.54) is 43.7 Å². The van der Waals surface area contributed by atoms with Gasteiger partial charge in [0, 0.05) is 7.11 Å². The molecule has 2 saturated heterocycles. The van der Waals surface area contributed by atoms with Crippen LogP contribution in [0.1, 0.15) is 25.3 Å². The van der Waals surface area contributed by atoms with Crippen molar-refractivity contribution in [3.05, 3.63) is 22.4 Å². The largest absolute Gasteiger partial charge is 1.00 e. The van der Waals surface area contributed by atoms with E-state index in [2.05, 4.69) is 5.32 Å². The summed E-state index contributed by atoms with van der Waals surface area (Å²) in [6.07, 6.45) is -0.846. The minimum absolute atomic E-state index is 0. The molecule has 2 aliphatic rings. The molecule has 0 radical (unpaired) electrons. The van der Waals surface area contributed by atoms with Crippen molar-refractivity contribution in [3.63, 3.8) is 0 Å². The third-order valence-electron chi connectivity index (χ3n) is 4.87. The number of carboxylic acids is 2. The first-order chi connectivity index (χ1) is 12.6. The van der Waals surface area contributed by atoms with E-state index >= 15 is 0 Å². The second-order valence-corrected chi connectivity index (χ2v) is 9.20. The van der Waals surface area contributed by atoms with Gasteiger partial charge in [0.1, 0.15) is 11.3 Å². The van der Waals surface area contributed by atoms with Crippen molar-refractivity contribution in [1.82, 2.24) is 10.2 Å². The van der Waals surface area contributed by atoms with Gasteiger partial charge < -0.3 is 29.9 Å². The molecule has 2 aliphatic heterocycles. The Morgan fingerprint density at radius 1 is 1.28 bits per heavy atom. The van der Waals surface area contributed by atoms with Crippen molar-refractivity contribution >= 4 is 46.9 Å². The number of hydrogen-bond acceptors (Lipinski definition) is 9. The molecule has 13 heteroatoms. The van der Waals surface area contributed by atoms with Crippen molar-refractivity contribution in [2.24, 2.45) is 0 Å². The van der Waals surface area contributed by atoms with Crippen molar-refractivity contribution < 1.29 is 93.2 Å². The number of amides is 2. The van der Waals surface area contributed by atoms with E-state index in [1.807, 2.05) is 0 Å². The van der Waals surface area contributed by atoms with E-state index in [0.717, 1.165) is 16.7 Å². The number of methoxy groups -OCH3 is 1. The zero-order valence-electron chi connectivity index (χ0n) is 16.6. The quantitative estimate of drug-likeness (QED) is 0.252. The average Bonchev–Trinajstić information content (AvgIpc) is 3.12. The number of aliphatic carboxylic acids is 2. The maximum atomic E-state index is 12.8. The molecule has 3 heterocycles. The van der Waals surface area contributed by atoms with Crippen LogP contribution in [0.4, 0.5) is 0 Å². The van der Waals surface area contributed by atoms with E-state index in [9.17, 15) is 29.4 Å². The summed E-state index contributed by atoms with van der Waals surface area (Å²) in [5.74, 6) is -6.82. The number of hydrogen-bond donors (Lipinski definition) is 1. The number of nitrogens with one attached hydrogen (secondary N) is 1. The SMILES string of the molecule is CO[C@H]1C(=O)N2[C@@H]1SC(C)(C)[C@]2(NC(=O)C(C(=O)[O-])c1ccsc1)C(=O)[O-].[Na+].[Na+].